The van der Waals surface area contributed by atoms with Crippen molar-refractivity contribution in [2.75, 3.05) is 6.61 Å². The van der Waals surface area contributed by atoms with Crippen LogP contribution in [0.15, 0.2) is 12.4 Å². The van der Waals surface area contributed by atoms with E-state index >= 15 is 0 Å². The number of hydrogen-bond acceptors (Lipinski definition) is 3. The molecule has 12 heavy (non-hydrogen) atoms. The summed E-state index contributed by atoms with van der Waals surface area (Å²) in [6.07, 6.45) is 3.17. The Morgan fingerprint density at radius 1 is 1.58 bits per heavy atom. The molecule has 1 rings (SSSR count). The summed E-state index contributed by atoms with van der Waals surface area (Å²) in [7, 11) is 0.973. The van der Waals surface area contributed by atoms with E-state index in [1.807, 2.05) is 13.8 Å². The molecule has 1 heterocycles. The first-order chi connectivity index (χ1) is 5.86. The van der Waals surface area contributed by atoms with Gasteiger partial charge < -0.3 is 10.1 Å². The van der Waals surface area contributed by atoms with Crippen molar-refractivity contribution in [3.63, 3.8) is 0 Å². The van der Waals surface area contributed by atoms with Gasteiger partial charge in [0.15, 0.2) is 0 Å². The Balaban J connectivity index is 0.000000561. The lowest BCUT2D eigenvalue weighted by atomic mass is 9.93. The van der Waals surface area contributed by atoms with Crippen LogP contribution >= 0.6 is 0 Å². The molecular weight excluding hydrogens is 155 g/mol. The molecule has 0 saturated heterocycles. The van der Waals surface area contributed by atoms with Crippen LogP contribution in [0.2, 0.25) is 0 Å². The summed E-state index contributed by atoms with van der Waals surface area (Å²) in [4.78, 5) is 0. The van der Waals surface area contributed by atoms with E-state index in [-0.39, 0.29) is 6.61 Å². The number of aromatic nitrogens is 2. The summed E-state index contributed by atoms with van der Waals surface area (Å²) < 4.78 is 1.56. The van der Waals surface area contributed by atoms with Crippen LogP contribution in [-0.2, 0) is 6.54 Å². The Labute approximate surface area is 73.1 Å². The number of hydrogen-bond donors (Lipinski definition) is 2. The molecule has 67 valence electrons. The van der Waals surface area contributed by atoms with Gasteiger partial charge in [0.25, 0.3) is 0 Å². The lowest BCUT2D eigenvalue weighted by Gasteiger charge is -1.93. The third kappa shape index (κ3) is 3.55. The van der Waals surface area contributed by atoms with Crippen molar-refractivity contribution in [2.24, 2.45) is 0 Å². The summed E-state index contributed by atoms with van der Waals surface area (Å²) in [5, 5.41) is 20.8. The van der Waals surface area contributed by atoms with Crippen molar-refractivity contribution in [1.82, 2.24) is 9.78 Å². The molecule has 0 spiro atoms. The zero-order valence-corrected chi connectivity index (χ0v) is 7.44. The van der Waals surface area contributed by atoms with Crippen molar-refractivity contribution in [1.29, 1.82) is 0 Å². The number of aliphatic hydroxyl groups excluding tert-OH is 1. The third-order valence-electron chi connectivity index (χ3n) is 1.13. The zero-order chi connectivity index (χ0) is 9.40. The van der Waals surface area contributed by atoms with E-state index in [2.05, 4.69) is 5.10 Å². The van der Waals surface area contributed by atoms with E-state index in [1.54, 1.807) is 10.9 Å². The summed E-state index contributed by atoms with van der Waals surface area (Å²) >= 11 is 0. The predicted molar refractivity (Wildman–Crippen MR) is 48.3 cm³/mol. The largest absolute Gasteiger partial charge is 0.450 e. The van der Waals surface area contributed by atoms with Gasteiger partial charge in [0.2, 0.25) is 0 Å². The molecule has 2 N–H and O–H groups in total. The standard InChI is InChI=1S/C5H8BN2O2.C2H6/c9-2-1-8-4-5(6-10)3-7-8;1-2/h3-4,9-10H,1-2H2;1-2H3. The molecule has 0 saturated carbocycles. The van der Waals surface area contributed by atoms with E-state index < -0.39 is 0 Å². The fourth-order valence-electron chi connectivity index (χ4n) is 0.671. The molecule has 0 aromatic carbocycles. The Hall–Kier alpha value is -0.805. The molecule has 5 heteroatoms. The number of nitrogens with zero attached hydrogens (tertiary/aromatic N) is 2. The second-order valence-corrected chi connectivity index (χ2v) is 1.89. The summed E-state index contributed by atoms with van der Waals surface area (Å²) in [5.41, 5.74) is 0.647. The molecule has 0 aliphatic heterocycles. The summed E-state index contributed by atoms with van der Waals surface area (Å²) in [5.74, 6) is 0. The average Bonchev–Trinajstić information content (AvgIpc) is 2.57. The highest BCUT2D eigenvalue weighted by Gasteiger charge is 1.96. The van der Waals surface area contributed by atoms with Gasteiger partial charge in [0.1, 0.15) is 0 Å². The van der Waals surface area contributed by atoms with Gasteiger partial charge >= 0.3 is 7.48 Å². The monoisotopic (exact) mass is 169 g/mol. The molecule has 0 bridgehead atoms. The molecular formula is C7H14BN2O2. The fraction of sp³-hybridized carbons (Fsp3) is 0.571. The van der Waals surface area contributed by atoms with Crippen LogP contribution in [0.25, 0.3) is 0 Å². The highest BCUT2D eigenvalue weighted by molar-refractivity contribution is 6.45. The third-order valence-corrected chi connectivity index (χ3v) is 1.13. The minimum Gasteiger partial charge on any atom is -0.450 e. The quantitative estimate of drug-likeness (QED) is 0.578. The van der Waals surface area contributed by atoms with Gasteiger partial charge in [-0.3, -0.25) is 4.68 Å². The number of aliphatic hydroxyl groups is 1. The molecule has 0 unspecified atom stereocenters. The maximum Gasteiger partial charge on any atom is 0.330 e. The Bertz CT molecular complexity index is 203. The van der Waals surface area contributed by atoms with Crippen LogP contribution in [0, 0.1) is 0 Å². The van der Waals surface area contributed by atoms with Gasteiger partial charge in [-0.05, 0) is 5.46 Å². The highest BCUT2D eigenvalue weighted by atomic mass is 16.3. The Morgan fingerprint density at radius 2 is 2.25 bits per heavy atom. The van der Waals surface area contributed by atoms with Gasteiger partial charge in [0.05, 0.1) is 13.2 Å². The highest BCUT2D eigenvalue weighted by Crippen LogP contribution is 1.79. The minimum absolute atomic E-state index is 0.0621. The SMILES string of the molecule is CC.O[B]c1cnn(CCO)c1. The van der Waals surface area contributed by atoms with Crippen LogP contribution < -0.4 is 5.46 Å². The normalized spacial score (nSPS) is 8.67. The predicted octanol–water partition coefficient (Wildman–Crippen LogP) is -0.862. The van der Waals surface area contributed by atoms with E-state index in [0.717, 1.165) is 7.48 Å². The first kappa shape index (κ1) is 11.2. The Morgan fingerprint density at radius 3 is 2.67 bits per heavy atom. The molecule has 0 atom stereocenters. The van der Waals surface area contributed by atoms with E-state index in [4.69, 9.17) is 10.1 Å². The Kier molecular flexibility index (Phi) is 6.42. The van der Waals surface area contributed by atoms with Crippen molar-refractivity contribution < 1.29 is 10.1 Å². The lowest BCUT2D eigenvalue weighted by Crippen LogP contribution is -2.11. The molecule has 0 aliphatic rings. The van der Waals surface area contributed by atoms with E-state index in [9.17, 15) is 0 Å². The van der Waals surface area contributed by atoms with Crippen LogP contribution in [-0.4, -0.2) is 34.0 Å². The van der Waals surface area contributed by atoms with Crippen LogP contribution in [0.4, 0.5) is 0 Å². The van der Waals surface area contributed by atoms with Crippen molar-refractivity contribution in [3.05, 3.63) is 12.4 Å². The van der Waals surface area contributed by atoms with Gasteiger partial charge in [-0.25, -0.2) is 0 Å². The molecule has 1 aromatic heterocycles. The van der Waals surface area contributed by atoms with Gasteiger partial charge in [-0.1, -0.05) is 13.8 Å². The molecule has 1 aromatic rings. The molecule has 0 aliphatic carbocycles. The second-order valence-electron chi connectivity index (χ2n) is 1.89. The van der Waals surface area contributed by atoms with Crippen LogP contribution in [0.5, 0.6) is 0 Å². The fourth-order valence-corrected chi connectivity index (χ4v) is 0.671. The van der Waals surface area contributed by atoms with Gasteiger partial charge in [-0.2, -0.15) is 5.10 Å². The zero-order valence-electron chi connectivity index (χ0n) is 7.44. The molecule has 0 fully saturated rings. The topological polar surface area (TPSA) is 58.3 Å². The average molecular weight is 169 g/mol. The maximum atomic E-state index is 8.48. The van der Waals surface area contributed by atoms with E-state index in [1.165, 1.54) is 6.20 Å². The molecule has 0 amide bonds. The van der Waals surface area contributed by atoms with Crippen molar-refractivity contribution >= 4 is 12.9 Å². The smallest absolute Gasteiger partial charge is 0.330 e. The molecule has 1 radical (unpaired) electrons. The maximum absolute atomic E-state index is 8.48. The number of rotatable bonds is 3. The summed E-state index contributed by atoms with van der Waals surface area (Å²) in [6, 6.07) is 0. The first-order valence-corrected chi connectivity index (χ1v) is 3.97. The van der Waals surface area contributed by atoms with Crippen molar-refractivity contribution in [2.45, 2.75) is 20.4 Å². The van der Waals surface area contributed by atoms with Crippen LogP contribution in [0.3, 0.4) is 0 Å². The van der Waals surface area contributed by atoms with Gasteiger partial charge in [0, 0.05) is 12.4 Å². The summed E-state index contributed by atoms with van der Waals surface area (Å²) in [6.45, 7) is 4.53. The second kappa shape index (κ2) is 6.88. The van der Waals surface area contributed by atoms with Gasteiger partial charge in [-0.15, -0.1) is 0 Å². The molecule has 4 nitrogen and oxygen atoms in total. The minimum atomic E-state index is 0.0621. The first-order valence-electron chi connectivity index (χ1n) is 3.97. The van der Waals surface area contributed by atoms with Crippen molar-refractivity contribution in [3.8, 4) is 0 Å². The van der Waals surface area contributed by atoms with Crippen LogP contribution in [0.1, 0.15) is 13.8 Å². The van der Waals surface area contributed by atoms with E-state index in [0.29, 0.717) is 12.0 Å². The lowest BCUT2D eigenvalue weighted by molar-refractivity contribution is 0.269.